The van der Waals surface area contributed by atoms with Gasteiger partial charge < -0.3 is 28.5 Å². The number of carboxylic acids is 1. The summed E-state index contributed by atoms with van der Waals surface area (Å²) in [5.41, 5.74) is 0. The van der Waals surface area contributed by atoms with Crippen LogP contribution in [0.2, 0.25) is 0 Å². The molecule has 378 valence electrons. The standard InChI is InChI=1S/C56H101NO8/c1-6-8-10-12-14-16-18-20-22-24-26-27-29-31-33-35-37-39-41-43-45-47-54(59)65-52(51-64-56(55(60)61)62-49-48-57(3,4)5)50-63-53(58)46-44-42-40-38-36-34-32-30-28-25-23-21-19-17-15-13-11-9-7-2/h8,10,14,16,20,22,26-27,52,56H,6-7,9,11-13,15,17-19,21,23-25,28-51H2,1-5H3/p+1/b10-8-,16-14-,22-20-,27-26-. The van der Waals surface area contributed by atoms with Gasteiger partial charge in [0, 0.05) is 12.8 Å². The zero-order chi connectivity index (χ0) is 47.7. The van der Waals surface area contributed by atoms with Gasteiger partial charge in [0.05, 0.1) is 34.4 Å². The van der Waals surface area contributed by atoms with Crippen molar-refractivity contribution < 1.29 is 42.9 Å². The second kappa shape index (κ2) is 47.7. The van der Waals surface area contributed by atoms with Crippen LogP contribution in [-0.2, 0) is 33.3 Å². The van der Waals surface area contributed by atoms with E-state index in [4.69, 9.17) is 18.9 Å². The van der Waals surface area contributed by atoms with Crippen molar-refractivity contribution in [2.24, 2.45) is 0 Å². The first kappa shape index (κ1) is 62.2. The molecule has 0 aromatic carbocycles. The summed E-state index contributed by atoms with van der Waals surface area (Å²) in [5.74, 6) is -2.01. The highest BCUT2D eigenvalue weighted by atomic mass is 16.7. The van der Waals surface area contributed by atoms with Crippen molar-refractivity contribution in [3.63, 3.8) is 0 Å². The Bertz CT molecular complexity index is 1210. The number of allylic oxidation sites excluding steroid dienone is 8. The van der Waals surface area contributed by atoms with Gasteiger partial charge in [0.1, 0.15) is 13.2 Å². The highest BCUT2D eigenvalue weighted by molar-refractivity contribution is 5.71. The molecule has 0 aliphatic heterocycles. The van der Waals surface area contributed by atoms with Gasteiger partial charge >= 0.3 is 17.9 Å². The van der Waals surface area contributed by atoms with E-state index < -0.39 is 24.3 Å². The molecule has 0 aromatic heterocycles. The van der Waals surface area contributed by atoms with Crippen LogP contribution in [0.5, 0.6) is 0 Å². The number of carbonyl (C=O) groups is 3. The van der Waals surface area contributed by atoms with Gasteiger partial charge in [-0.05, 0) is 51.4 Å². The number of carboxylic acid groups (broad SMARTS) is 1. The number of likely N-dealkylation sites (N-methyl/N-ethyl adjacent to an activating group) is 1. The van der Waals surface area contributed by atoms with Crippen LogP contribution in [0.1, 0.15) is 232 Å². The lowest BCUT2D eigenvalue weighted by atomic mass is 10.0. The number of ether oxygens (including phenoxy) is 4. The van der Waals surface area contributed by atoms with E-state index in [-0.39, 0.29) is 32.2 Å². The summed E-state index contributed by atoms with van der Waals surface area (Å²) >= 11 is 0. The number of esters is 2. The fourth-order valence-electron chi connectivity index (χ4n) is 7.48. The Labute approximate surface area is 400 Å². The molecule has 0 rings (SSSR count). The lowest BCUT2D eigenvalue weighted by Gasteiger charge is -2.25. The summed E-state index contributed by atoms with van der Waals surface area (Å²) in [4.78, 5) is 37.3. The highest BCUT2D eigenvalue weighted by Crippen LogP contribution is 2.16. The summed E-state index contributed by atoms with van der Waals surface area (Å²) in [5, 5.41) is 9.68. The Kier molecular flexibility index (Phi) is 45.7. The molecular formula is C56H102NO8+. The van der Waals surface area contributed by atoms with Gasteiger partial charge in [-0.2, -0.15) is 0 Å². The number of hydrogen-bond donors (Lipinski definition) is 1. The van der Waals surface area contributed by atoms with Crippen LogP contribution in [0, 0.1) is 0 Å². The van der Waals surface area contributed by atoms with Crippen molar-refractivity contribution in [2.45, 2.75) is 245 Å². The third-order valence-electron chi connectivity index (χ3n) is 11.6. The highest BCUT2D eigenvalue weighted by Gasteiger charge is 2.25. The molecule has 9 nitrogen and oxygen atoms in total. The number of nitrogens with zero attached hydrogens (tertiary/aromatic N) is 1. The van der Waals surface area contributed by atoms with Gasteiger partial charge in [-0.25, -0.2) is 4.79 Å². The maximum Gasteiger partial charge on any atom is 0.361 e. The first-order valence-electron chi connectivity index (χ1n) is 26.8. The third kappa shape index (κ3) is 49.0. The molecule has 0 amide bonds. The zero-order valence-corrected chi connectivity index (χ0v) is 42.9. The van der Waals surface area contributed by atoms with Gasteiger partial charge in [0.15, 0.2) is 6.10 Å². The van der Waals surface area contributed by atoms with Crippen molar-refractivity contribution in [1.29, 1.82) is 0 Å². The van der Waals surface area contributed by atoms with E-state index in [9.17, 15) is 19.5 Å². The quantitative estimate of drug-likeness (QED) is 0.0211. The zero-order valence-electron chi connectivity index (χ0n) is 42.9. The number of rotatable bonds is 49. The Morgan fingerprint density at radius 3 is 1.31 bits per heavy atom. The van der Waals surface area contributed by atoms with E-state index in [0.29, 0.717) is 23.9 Å². The molecule has 1 N–H and O–H groups in total. The first-order valence-corrected chi connectivity index (χ1v) is 26.8. The van der Waals surface area contributed by atoms with E-state index in [1.807, 2.05) is 21.1 Å². The van der Waals surface area contributed by atoms with Crippen LogP contribution in [0.15, 0.2) is 48.6 Å². The molecule has 0 radical (unpaired) electrons. The van der Waals surface area contributed by atoms with Crippen LogP contribution in [0.25, 0.3) is 0 Å². The predicted molar refractivity (Wildman–Crippen MR) is 272 cm³/mol. The monoisotopic (exact) mass is 917 g/mol. The SMILES string of the molecule is CC/C=C\C/C=C\C/C=C\C/C=C\CCCCCCCCCCC(=O)OC(COC(=O)CCCCCCCCCCCCCCCCCCCCC)COC(OCC[N+](C)(C)C)C(=O)O. The molecule has 9 heteroatoms. The van der Waals surface area contributed by atoms with Crippen molar-refractivity contribution in [2.75, 3.05) is 47.5 Å². The number of quaternary nitrogens is 1. The molecule has 0 heterocycles. The fraction of sp³-hybridized carbons (Fsp3) is 0.804. The Balaban J connectivity index is 4.31. The summed E-state index contributed by atoms with van der Waals surface area (Å²) in [6.07, 6.45) is 54.6. The van der Waals surface area contributed by atoms with Crippen molar-refractivity contribution in [3.05, 3.63) is 48.6 Å². The molecule has 65 heavy (non-hydrogen) atoms. The number of carbonyl (C=O) groups excluding carboxylic acids is 2. The van der Waals surface area contributed by atoms with Gasteiger partial charge in [-0.1, -0.05) is 217 Å². The van der Waals surface area contributed by atoms with Gasteiger partial charge in [0.25, 0.3) is 6.29 Å². The molecule has 0 aliphatic rings. The minimum Gasteiger partial charge on any atom is -0.477 e. The molecule has 0 saturated heterocycles. The molecule has 0 saturated carbocycles. The first-order chi connectivity index (χ1) is 31.6. The summed E-state index contributed by atoms with van der Waals surface area (Å²) in [6.45, 7) is 4.78. The predicted octanol–water partition coefficient (Wildman–Crippen LogP) is 15.1. The summed E-state index contributed by atoms with van der Waals surface area (Å²) in [6, 6.07) is 0. The Morgan fingerprint density at radius 2 is 0.877 bits per heavy atom. The van der Waals surface area contributed by atoms with E-state index in [0.717, 1.165) is 70.6 Å². The number of unbranched alkanes of at least 4 members (excludes halogenated alkanes) is 26. The second-order valence-corrected chi connectivity index (χ2v) is 19.2. The van der Waals surface area contributed by atoms with Gasteiger partial charge in [0.2, 0.25) is 0 Å². The maximum absolute atomic E-state index is 12.8. The fourth-order valence-corrected chi connectivity index (χ4v) is 7.48. The lowest BCUT2D eigenvalue weighted by Crippen LogP contribution is -2.40. The van der Waals surface area contributed by atoms with Crippen LogP contribution in [-0.4, -0.2) is 87.4 Å². The normalized spacial score (nSPS) is 13.2. The number of hydrogen-bond acceptors (Lipinski definition) is 7. The molecular weight excluding hydrogens is 815 g/mol. The minimum absolute atomic E-state index is 0.183. The molecule has 0 aliphatic carbocycles. The van der Waals surface area contributed by atoms with Crippen LogP contribution in [0.3, 0.4) is 0 Å². The smallest absolute Gasteiger partial charge is 0.361 e. The topological polar surface area (TPSA) is 108 Å². The largest absolute Gasteiger partial charge is 0.477 e. The molecule has 0 spiro atoms. The van der Waals surface area contributed by atoms with Gasteiger partial charge in [-0.3, -0.25) is 9.59 Å². The molecule has 2 atom stereocenters. The Morgan fingerprint density at radius 1 is 0.477 bits per heavy atom. The second-order valence-electron chi connectivity index (χ2n) is 19.2. The molecule has 0 fully saturated rings. The van der Waals surface area contributed by atoms with E-state index in [1.165, 1.54) is 128 Å². The van der Waals surface area contributed by atoms with Crippen molar-refractivity contribution in [1.82, 2.24) is 0 Å². The average Bonchev–Trinajstić information content (AvgIpc) is 3.27. The number of aliphatic carboxylic acids is 1. The van der Waals surface area contributed by atoms with Crippen LogP contribution >= 0.6 is 0 Å². The van der Waals surface area contributed by atoms with E-state index in [2.05, 4.69) is 62.5 Å². The van der Waals surface area contributed by atoms with Crippen LogP contribution in [0.4, 0.5) is 0 Å². The van der Waals surface area contributed by atoms with Crippen LogP contribution < -0.4 is 0 Å². The Hall–Kier alpha value is -2.75. The summed E-state index contributed by atoms with van der Waals surface area (Å²) in [7, 11) is 5.96. The lowest BCUT2D eigenvalue weighted by molar-refractivity contribution is -0.870. The van der Waals surface area contributed by atoms with E-state index >= 15 is 0 Å². The van der Waals surface area contributed by atoms with Crippen molar-refractivity contribution in [3.8, 4) is 0 Å². The summed E-state index contributed by atoms with van der Waals surface area (Å²) < 4.78 is 22.8. The average molecular weight is 917 g/mol. The minimum atomic E-state index is -1.51. The maximum atomic E-state index is 12.8. The van der Waals surface area contributed by atoms with E-state index in [1.54, 1.807) is 0 Å². The third-order valence-corrected chi connectivity index (χ3v) is 11.6. The molecule has 2 unspecified atom stereocenters. The van der Waals surface area contributed by atoms with Gasteiger partial charge in [-0.15, -0.1) is 0 Å². The van der Waals surface area contributed by atoms with Crippen molar-refractivity contribution >= 4 is 17.9 Å². The molecule has 0 bridgehead atoms. The molecule has 0 aromatic rings.